The molecule has 1 nitrogen and oxygen atoms in total. The van der Waals surface area contributed by atoms with Crippen molar-refractivity contribution in [3.8, 4) is 33.4 Å². The highest BCUT2D eigenvalue weighted by Gasteiger charge is 2.16. The second-order valence-corrected chi connectivity index (χ2v) is 15.4. The SMILES string of the molecule is CCS.c1ccc(-c2ccc(-c3ccc(N(c4ccc(-c5cccc6sc7ccccc7c56)cc4)c4ccc5c(ccc6ccccc65)c4)cc3)cc2)cc1. The molecule has 0 atom stereocenters. The van der Waals surface area contributed by atoms with Crippen molar-refractivity contribution in [2.24, 2.45) is 0 Å². The Morgan fingerprint density at radius 3 is 1.58 bits per heavy atom. The van der Waals surface area contributed by atoms with Crippen LogP contribution in [-0.2, 0) is 0 Å². The van der Waals surface area contributed by atoms with Crippen LogP contribution in [-0.4, -0.2) is 5.75 Å². The Bertz CT molecular complexity index is 2890. The molecule has 0 amide bonds. The highest BCUT2D eigenvalue weighted by molar-refractivity contribution is 7.80. The highest BCUT2D eigenvalue weighted by Crippen LogP contribution is 2.42. The van der Waals surface area contributed by atoms with Gasteiger partial charge in [-0.1, -0.05) is 159 Å². The summed E-state index contributed by atoms with van der Waals surface area (Å²) in [5.41, 5.74) is 10.7. The Morgan fingerprint density at radius 1 is 0.400 bits per heavy atom. The third-order valence-corrected chi connectivity index (χ3v) is 11.4. The summed E-state index contributed by atoms with van der Waals surface area (Å²) >= 11 is 5.65. The van der Waals surface area contributed by atoms with Crippen LogP contribution < -0.4 is 4.90 Å². The van der Waals surface area contributed by atoms with Gasteiger partial charge in [-0.2, -0.15) is 12.6 Å². The van der Waals surface area contributed by atoms with Crippen LogP contribution in [0.2, 0.25) is 0 Å². The normalized spacial score (nSPS) is 11.2. The average molecular weight is 742 g/mol. The number of benzene rings is 9. The van der Waals surface area contributed by atoms with Crippen LogP contribution in [0.1, 0.15) is 6.92 Å². The van der Waals surface area contributed by atoms with Crippen molar-refractivity contribution in [2.75, 3.05) is 10.7 Å². The maximum atomic E-state index is 3.79. The van der Waals surface area contributed by atoms with Crippen molar-refractivity contribution in [3.63, 3.8) is 0 Å². The van der Waals surface area contributed by atoms with Crippen LogP contribution in [0.4, 0.5) is 17.1 Å². The molecule has 1 heterocycles. The summed E-state index contributed by atoms with van der Waals surface area (Å²) in [6.07, 6.45) is 0. The summed E-state index contributed by atoms with van der Waals surface area (Å²) in [6.45, 7) is 1.99. The van der Waals surface area contributed by atoms with Gasteiger partial charge in [0.1, 0.15) is 0 Å². The fourth-order valence-corrected chi connectivity index (χ4v) is 8.81. The van der Waals surface area contributed by atoms with E-state index in [2.05, 4.69) is 218 Å². The molecular weight excluding hydrogens is 703 g/mol. The topological polar surface area (TPSA) is 3.24 Å². The van der Waals surface area contributed by atoms with Gasteiger partial charge in [0.25, 0.3) is 0 Å². The predicted octanol–water partition coefficient (Wildman–Crippen LogP) is 15.8. The van der Waals surface area contributed by atoms with E-state index in [9.17, 15) is 0 Å². The summed E-state index contributed by atoms with van der Waals surface area (Å²) in [6, 6.07) is 72.9. The summed E-state index contributed by atoms with van der Waals surface area (Å²) in [5.74, 6) is 0.944. The molecule has 0 radical (unpaired) electrons. The first-order valence-electron chi connectivity index (χ1n) is 18.8. The molecule has 0 saturated heterocycles. The van der Waals surface area contributed by atoms with Gasteiger partial charge in [-0.3, -0.25) is 0 Å². The van der Waals surface area contributed by atoms with E-state index in [-0.39, 0.29) is 0 Å². The molecule has 0 aliphatic carbocycles. The molecule has 1 aromatic heterocycles. The van der Waals surface area contributed by atoms with Crippen LogP contribution in [0.15, 0.2) is 200 Å². The number of anilines is 3. The standard InChI is InChI=1S/C50H33NS.C2H6S/c1-2-9-34(10-3-1)35-17-19-36(20-18-35)37-23-27-41(28-24-37)51(43-31-32-45-40(33-43)22-21-38-11-4-5-12-44(38)45)42-29-25-39(26-30-42)46-14-8-16-49-50(46)47-13-6-7-15-48(47)52-49;1-2-3/h1-33H;3H,2H2,1H3. The fourth-order valence-electron chi connectivity index (χ4n) is 7.68. The quantitative estimate of drug-likeness (QED) is 0.131. The van der Waals surface area contributed by atoms with E-state index in [1.54, 1.807) is 0 Å². The summed E-state index contributed by atoms with van der Waals surface area (Å²) in [4.78, 5) is 2.38. The molecule has 0 aliphatic rings. The molecule has 10 rings (SSSR count). The number of rotatable bonds is 6. The largest absolute Gasteiger partial charge is 0.310 e. The zero-order valence-corrected chi connectivity index (χ0v) is 32.3. The Hall–Kier alpha value is -6.13. The van der Waals surface area contributed by atoms with Gasteiger partial charge >= 0.3 is 0 Å². The van der Waals surface area contributed by atoms with Crippen molar-refractivity contribution in [1.82, 2.24) is 0 Å². The Morgan fingerprint density at radius 2 is 0.891 bits per heavy atom. The van der Waals surface area contributed by atoms with Crippen LogP contribution in [0.3, 0.4) is 0 Å². The molecule has 9 aromatic carbocycles. The molecule has 0 bridgehead atoms. The predicted molar refractivity (Wildman–Crippen MR) is 245 cm³/mol. The Kier molecular flexibility index (Phi) is 9.64. The van der Waals surface area contributed by atoms with E-state index in [1.807, 2.05) is 18.3 Å². The monoisotopic (exact) mass is 741 g/mol. The second kappa shape index (κ2) is 15.3. The van der Waals surface area contributed by atoms with Crippen LogP contribution >= 0.6 is 24.0 Å². The molecular formula is C52H39NS2. The lowest BCUT2D eigenvalue weighted by Crippen LogP contribution is -2.09. The molecule has 0 fully saturated rings. The van der Waals surface area contributed by atoms with Crippen molar-refractivity contribution >= 4 is 82.7 Å². The minimum absolute atomic E-state index is 0.944. The maximum Gasteiger partial charge on any atom is 0.0468 e. The third kappa shape index (κ3) is 6.78. The van der Waals surface area contributed by atoms with E-state index in [0.29, 0.717) is 0 Å². The summed E-state index contributed by atoms with van der Waals surface area (Å²) in [5, 5.41) is 7.69. The zero-order chi connectivity index (χ0) is 37.1. The maximum absolute atomic E-state index is 3.79. The number of thiol groups is 1. The lowest BCUT2D eigenvalue weighted by atomic mass is 9.98. The summed E-state index contributed by atoms with van der Waals surface area (Å²) < 4.78 is 2.65. The first-order chi connectivity index (χ1) is 27.2. The van der Waals surface area contributed by atoms with Gasteiger partial charge in [-0.05, 0) is 109 Å². The number of nitrogens with zero attached hydrogens (tertiary/aromatic N) is 1. The van der Waals surface area contributed by atoms with E-state index < -0.39 is 0 Å². The lowest BCUT2D eigenvalue weighted by molar-refractivity contribution is 1.29. The average Bonchev–Trinajstić information content (AvgIpc) is 3.64. The third-order valence-electron chi connectivity index (χ3n) is 10.3. The van der Waals surface area contributed by atoms with Crippen LogP contribution in [0.25, 0.3) is 75.1 Å². The van der Waals surface area contributed by atoms with Gasteiger partial charge in [-0.25, -0.2) is 0 Å². The molecule has 0 spiro atoms. The van der Waals surface area contributed by atoms with Gasteiger partial charge in [-0.15, -0.1) is 11.3 Å². The van der Waals surface area contributed by atoms with E-state index in [1.165, 1.54) is 75.1 Å². The Labute approximate surface area is 332 Å². The second-order valence-electron chi connectivity index (χ2n) is 13.7. The van der Waals surface area contributed by atoms with Gasteiger partial charge in [0.15, 0.2) is 0 Å². The molecule has 3 heteroatoms. The Balaban J connectivity index is 0.00000128. The first kappa shape index (κ1) is 34.6. The lowest BCUT2D eigenvalue weighted by Gasteiger charge is -2.26. The van der Waals surface area contributed by atoms with E-state index >= 15 is 0 Å². The fraction of sp³-hybridized carbons (Fsp3) is 0.0385. The molecule has 0 unspecified atom stereocenters. The number of thiophene rings is 1. The van der Waals surface area contributed by atoms with Gasteiger partial charge < -0.3 is 4.90 Å². The zero-order valence-electron chi connectivity index (χ0n) is 30.6. The number of hydrogen-bond donors (Lipinski definition) is 1. The highest BCUT2D eigenvalue weighted by atomic mass is 32.1. The number of hydrogen-bond acceptors (Lipinski definition) is 3. The van der Waals surface area contributed by atoms with Crippen molar-refractivity contribution in [1.29, 1.82) is 0 Å². The van der Waals surface area contributed by atoms with E-state index in [0.717, 1.165) is 22.8 Å². The van der Waals surface area contributed by atoms with Crippen molar-refractivity contribution < 1.29 is 0 Å². The minimum Gasteiger partial charge on any atom is -0.310 e. The van der Waals surface area contributed by atoms with Gasteiger partial charge in [0, 0.05) is 37.2 Å². The summed E-state index contributed by atoms with van der Waals surface area (Å²) in [7, 11) is 0. The molecule has 0 N–H and O–H groups in total. The minimum atomic E-state index is 0.944. The molecule has 10 aromatic rings. The first-order valence-corrected chi connectivity index (χ1v) is 20.2. The molecule has 55 heavy (non-hydrogen) atoms. The van der Waals surface area contributed by atoms with Crippen molar-refractivity contribution in [3.05, 3.63) is 200 Å². The molecule has 0 saturated carbocycles. The van der Waals surface area contributed by atoms with Crippen LogP contribution in [0, 0.1) is 0 Å². The molecule has 0 aliphatic heterocycles. The molecule has 264 valence electrons. The van der Waals surface area contributed by atoms with Gasteiger partial charge in [0.2, 0.25) is 0 Å². The van der Waals surface area contributed by atoms with Crippen molar-refractivity contribution in [2.45, 2.75) is 6.92 Å². The van der Waals surface area contributed by atoms with Crippen LogP contribution in [0.5, 0.6) is 0 Å². The number of fused-ring (bicyclic) bond motifs is 6. The van der Waals surface area contributed by atoms with E-state index in [4.69, 9.17) is 0 Å². The smallest absolute Gasteiger partial charge is 0.0468 e. The van der Waals surface area contributed by atoms with Gasteiger partial charge in [0.05, 0.1) is 0 Å².